The van der Waals surface area contributed by atoms with E-state index < -0.39 is 0 Å². The monoisotopic (exact) mass is 226 g/mol. The lowest BCUT2D eigenvalue weighted by Gasteiger charge is -2.31. The first-order valence-corrected chi connectivity index (χ1v) is 6.76. The van der Waals surface area contributed by atoms with Crippen molar-refractivity contribution in [2.75, 3.05) is 0 Å². The summed E-state index contributed by atoms with van der Waals surface area (Å²) in [4.78, 5) is 11.0. The molecule has 2 unspecified atom stereocenters. The van der Waals surface area contributed by atoms with Gasteiger partial charge in [0.1, 0.15) is 6.10 Å². The molecule has 16 heavy (non-hydrogen) atoms. The molecule has 0 spiro atoms. The zero-order chi connectivity index (χ0) is 12.0. The molecular formula is C14H26O2. The first-order chi connectivity index (χ1) is 7.58. The van der Waals surface area contributed by atoms with E-state index in [0.29, 0.717) is 0 Å². The Morgan fingerprint density at radius 1 is 1.38 bits per heavy atom. The summed E-state index contributed by atoms with van der Waals surface area (Å²) < 4.78 is 5.44. The number of hydrogen-bond acceptors (Lipinski definition) is 2. The average molecular weight is 226 g/mol. The van der Waals surface area contributed by atoms with Crippen LogP contribution in [-0.2, 0) is 9.53 Å². The number of ether oxygens (including phenoxy) is 1. The first kappa shape index (κ1) is 13.5. The zero-order valence-electron chi connectivity index (χ0n) is 11.1. The summed E-state index contributed by atoms with van der Waals surface area (Å²) in [7, 11) is 0. The Labute approximate surface area is 99.8 Å². The van der Waals surface area contributed by atoms with Crippen LogP contribution < -0.4 is 0 Å². The Hall–Kier alpha value is -0.530. The average Bonchev–Trinajstić information content (AvgIpc) is 2.55. The van der Waals surface area contributed by atoms with Crippen LogP contribution in [0.3, 0.4) is 0 Å². The number of esters is 1. The first-order valence-electron chi connectivity index (χ1n) is 6.76. The van der Waals surface area contributed by atoms with E-state index in [1.54, 1.807) is 0 Å². The van der Waals surface area contributed by atoms with Gasteiger partial charge >= 0.3 is 5.97 Å². The van der Waals surface area contributed by atoms with Crippen LogP contribution in [0.1, 0.15) is 72.1 Å². The van der Waals surface area contributed by atoms with Crippen LogP contribution in [-0.4, -0.2) is 12.1 Å². The molecule has 2 atom stereocenters. The highest BCUT2D eigenvalue weighted by molar-refractivity contribution is 5.66. The van der Waals surface area contributed by atoms with Crippen LogP contribution in [0, 0.1) is 5.41 Å². The lowest BCUT2D eigenvalue weighted by atomic mass is 9.81. The van der Waals surface area contributed by atoms with Gasteiger partial charge in [0, 0.05) is 12.3 Å². The van der Waals surface area contributed by atoms with Gasteiger partial charge in [-0.2, -0.15) is 0 Å². The lowest BCUT2D eigenvalue weighted by molar-refractivity contribution is -0.151. The van der Waals surface area contributed by atoms with Gasteiger partial charge in [-0.25, -0.2) is 0 Å². The fraction of sp³-hybridized carbons (Fsp3) is 0.929. The summed E-state index contributed by atoms with van der Waals surface area (Å²) in [6.45, 7) is 6.05. The van der Waals surface area contributed by atoms with Crippen molar-refractivity contribution >= 4 is 5.97 Å². The molecule has 0 bridgehead atoms. The van der Waals surface area contributed by atoms with Crippen LogP contribution in [0.25, 0.3) is 0 Å². The molecule has 0 saturated heterocycles. The van der Waals surface area contributed by atoms with Crippen molar-refractivity contribution in [3.8, 4) is 0 Å². The zero-order valence-corrected chi connectivity index (χ0v) is 11.1. The fourth-order valence-corrected chi connectivity index (χ4v) is 2.84. The normalized spacial score (nSPS) is 29.3. The van der Waals surface area contributed by atoms with E-state index in [4.69, 9.17) is 4.74 Å². The molecule has 2 heteroatoms. The highest BCUT2D eigenvalue weighted by atomic mass is 16.5. The van der Waals surface area contributed by atoms with Gasteiger partial charge in [0.2, 0.25) is 0 Å². The molecule has 1 aliphatic carbocycles. The minimum atomic E-state index is -0.119. The van der Waals surface area contributed by atoms with Crippen LogP contribution in [0.2, 0.25) is 0 Å². The summed E-state index contributed by atoms with van der Waals surface area (Å²) in [5.41, 5.74) is 0.249. The standard InChI is InChI=1S/C14H26O2/c1-4-5-6-7-10-14(3)11-8-9-13(14)16-12(2)15/h13H,4-11H2,1-3H3. The topological polar surface area (TPSA) is 26.3 Å². The van der Waals surface area contributed by atoms with Gasteiger partial charge in [-0.3, -0.25) is 4.79 Å². The van der Waals surface area contributed by atoms with Gasteiger partial charge in [-0.15, -0.1) is 0 Å². The van der Waals surface area contributed by atoms with Crippen molar-refractivity contribution in [3.63, 3.8) is 0 Å². The Balaban J connectivity index is 2.37. The third-order valence-electron chi connectivity index (χ3n) is 3.90. The minimum absolute atomic E-state index is 0.119. The quantitative estimate of drug-likeness (QED) is 0.504. The van der Waals surface area contributed by atoms with E-state index in [9.17, 15) is 4.79 Å². The minimum Gasteiger partial charge on any atom is -0.462 e. The van der Waals surface area contributed by atoms with E-state index in [1.165, 1.54) is 51.9 Å². The number of rotatable bonds is 6. The summed E-state index contributed by atoms with van der Waals surface area (Å²) in [6, 6.07) is 0. The molecule has 0 amide bonds. The van der Waals surface area contributed by atoms with Crippen LogP contribution >= 0.6 is 0 Å². The molecule has 0 heterocycles. The smallest absolute Gasteiger partial charge is 0.302 e. The molecule has 0 aromatic carbocycles. The predicted octanol–water partition coefficient (Wildman–Crippen LogP) is 4.08. The summed E-state index contributed by atoms with van der Waals surface area (Å²) in [5, 5.41) is 0. The van der Waals surface area contributed by atoms with Gasteiger partial charge < -0.3 is 4.74 Å². The Bertz CT molecular complexity index is 225. The second-order valence-electron chi connectivity index (χ2n) is 5.45. The highest BCUT2D eigenvalue weighted by Gasteiger charge is 2.40. The van der Waals surface area contributed by atoms with E-state index in [1.807, 2.05) is 0 Å². The van der Waals surface area contributed by atoms with Gasteiger partial charge in [0.05, 0.1) is 0 Å². The Morgan fingerprint density at radius 3 is 2.75 bits per heavy atom. The summed E-state index contributed by atoms with van der Waals surface area (Å²) >= 11 is 0. The molecule has 1 aliphatic rings. The fourth-order valence-electron chi connectivity index (χ4n) is 2.84. The van der Waals surface area contributed by atoms with E-state index in [-0.39, 0.29) is 17.5 Å². The van der Waals surface area contributed by atoms with Crippen LogP contribution in [0.15, 0.2) is 0 Å². The lowest BCUT2D eigenvalue weighted by Crippen LogP contribution is -2.30. The highest BCUT2D eigenvalue weighted by Crippen LogP contribution is 2.43. The number of hydrogen-bond donors (Lipinski definition) is 0. The summed E-state index contributed by atoms with van der Waals surface area (Å²) in [5.74, 6) is -0.119. The molecule has 1 fully saturated rings. The molecular weight excluding hydrogens is 200 g/mol. The molecule has 2 nitrogen and oxygen atoms in total. The number of carbonyl (C=O) groups is 1. The predicted molar refractivity (Wildman–Crippen MR) is 66.3 cm³/mol. The van der Waals surface area contributed by atoms with E-state index in [2.05, 4.69) is 13.8 Å². The molecule has 0 N–H and O–H groups in total. The van der Waals surface area contributed by atoms with Crippen molar-refractivity contribution in [1.82, 2.24) is 0 Å². The van der Waals surface area contributed by atoms with Gasteiger partial charge in [-0.05, 0) is 25.7 Å². The number of carbonyl (C=O) groups excluding carboxylic acids is 1. The van der Waals surface area contributed by atoms with Crippen molar-refractivity contribution in [2.45, 2.75) is 78.2 Å². The molecule has 0 aliphatic heterocycles. The SMILES string of the molecule is CCCCCCC1(C)CCCC1OC(C)=O. The molecule has 1 saturated carbocycles. The van der Waals surface area contributed by atoms with Crippen molar-refractivity contribution < 1.29 is 9.53 Å². The van der Waals surface area contributed by atoms with Gasteiger partial charge in [0.15, 0.2) is 0 Å². The van der Waals surface area contributed by atoms with Crippen LogP contribution in [0.5, 0.6) is 0 Å². The van der Waals surface area contributed by atoms with Gasteiger partial charge in [0.25, 0.3) is 0 Å². The van der Waals surface area contributed by atoms with Crippen molar-refractivity contribution in [3.05, 3.63) is 0 Å². The van der Waals surface area contributed by atoms with E-state index in [0.717, 1.165) is 6.42 Å². The molecule has 94 valence electrons. The Kier molecular flexibility index (Phi) is 5.30. The molecule has 0 radical (unpaired) electrons. The molecule has 0 aromatic heterocycles. The second-order valence-corrected chi connectivity index (χ2v) is 5.45. The Morgan fingerprint density at radius 2 is 2.12 bits per heavy atom. The van der Waals surface area contributed by atoms with Crippen molar-refractivity contribution in [1.29, 1.82) is 0 Å². The third kappa shape index (κ3) is 3.80. The largest absolute Gasteiger partial charge is 0.462 e. The molecule has 1 rings (SSSR count). The van der Waals surface area contributed by atoms with Crippen LogP contribution in [0.4, 0.5) is 0 Å². The van der Waals surface area contributed by atoms with Gasteiger partial charge in [-0.1, -0.05) is 39.5 Å². The van der Waals surface area contributed by atoms with Crippen molar-refractivity contribution in [2.24, 2.45) is 5.41 Å². The maximum atomic E-state index is 11.0. The maximum absolute atomic E-state index is 11.0. The third-order valence-corrected chi connectivity index (χ3v) is 3.90. The van der Waals surface area contributed by atoms with E-state index >= 15 is 0 Å². The number of unbranched alkanes of at least 4 members (excludes halogenated alkanes) is 3. The maximum Gasteiger partial charge on any atom is 0.302 e. The summed E-state index contributed by atoms with van der Waals surface area (Å²) in [6.07, 6.45) is 10.1. The molecule has 0 aromatic rings. The second kappa shape index (κ2) is 6.27.